The highest BCUT2D eigenvalue weighted by Crippen LogP contribution is 2.32. The van der Waals surface area contributed by atoms with E-state index in [0.29, 0.717) is 0 Å². The van der Waals surface area contributed by atoms with Crippen LogP contribution in [0.2, 0.25) is 0 Å². The molecule has 2 rings (SSSR count). The molecule has 0 aromatic heterocycles. The fourth-order valence-corrected chi connectivity index (χ4v) is 1.92. The molecule has 0 saturated carbocycles. The standard InChI is InChI=1S/C16H12F4O2/c1-2-7-22-12-6-5-11(15(19)16(12)20)10-4-3-9(8-21)13(17)14(10)18/h2-6,21H,1,7-8H2. The fourth-order valence-electron chi connectivity index (χ4n) is 1.92. The number of hydrogen-bond donors (Lipinski definition) is 1. The molecule has 0 amide bonds. The van der Waals surface area contributed by atoms with Gasteiger partial charge >= 0.3 is 0 Å². The minimum absolute atomic E-state index is 0.0239. The van der Waals surface area contributed by atoms with Crippen molar-refractivity contribution >= 4 is 0 Å². The molecule has 6 heteroatoms. The van der Waals surface area contributed by atoms with Crippen molar-refractivity contribution in [2.75, 3.05) is 6.61 Å². The smallest absolute Gasteiger partial charge is 0.201 e. The Balaban J connectivity index is 2.52. The van der Waals surface area contributed by atoms with Crippen molar-refractivity contribution in [3.05, 3.63) is 65.8 Å². The normalized spacial score (nSPS) is 10.6. The predicted molar refractivity (Wildman–Crippen MR) is 73.3 cm³/mol. The molecule has 2 aromatic rings. The van der Waals surface area contributed by atoms with E-state index in [1.165, 1.54) is 6.08 Å². The van der Waals surface area contributed by atoms with Crippen LogP contribution in [-0.2, 0) is 6.61 Å². The monoisotopic (exact) mass is 312 g/mol. The van der Waals surface area contributed by atoms with Crippen LogP contribution in [-0.4, -0.2) is 11.7 Å². The van der Waals surface area contributed by atoms with E-state index in [9.17, 15) is 17.6 Å². The van der Waals surface area contributed by atoms with E-state index in [4.69, 9.17) is 9.84 Å². The Kier molecular flexibility index (Phi) is 4.82. The van der Waals surface area contributed by atoms with Crippen LogP contribution < -0.4 is 4.74 Å². The van der Waals surface area contributed by atoms with Crippen LogP contribution in [0.1, 0.15) is 5.56 Å². The first-order chi connectivity index (χ1) is 10.5. The van der Waals surface area contributed by atoms with Gasteiger partial charge in [0.25, 0.3) is 0 Å². The van der Waals surface area contributed by atoms with Crippen LogP contribution in [0.5, 0.6) is 5.75 Å². The van der Waals surface area contributed by atoms with E-state index >= 15 is 0 Å². The fraction of sp³-hybridized carbons (Fsp3) is 0.125. The molecule has 0 bridgehead atoms. The lowest BCUT2D eigenvalue weighted by Crippen LogP contribution is -2.02. The third-order valence-electron chi connectivity index (χ3n) is 3.03. The van der Waals surface area contributed by atoms with Crippen molar-refractivity contribution in [1.29, 1.82) is 0 Å². The molecule has 0 aliphatic rings. The highest BCUT2D eigenvalue weighted by molar-refractivity contribution is 5.66. The van der Waals surface area contributed by atoms with E-state index < -0.39 is 41.0 Å². The summed E-state index contributed by atoms with van der Waals surface area (Å²) in [6.45, 7) is 2.65. The summed E-state index contributed by atoms with van der Waals surface area (Å²) in [5.41, 5.74) is -1.15. The molecule has 0 aliphatic carbocycles. The molecule has 0 aliphatic heterocycles. The van der Waals surface area contributed by atoms with Crippen molar-refractivity contribution in [3.8, 4) is 16.9 Å². The molecular weight excluding hydrogens is 300 g/mol. The Hall–Kier alpha value is -2.34. The summed E-state index contributed by atoms with van der Waals surface area (Å²) in [7, 11) is 0. The average Bonchev–Trinajstić information content (AvgIpc) is 2.52. The van der Waals surface area contributed by atoms with Crippen LogP contribution in [0.4, 0.5) is 17.6 Å². The maximum atomic E-state index is 14.0. The summed E-state index contributed by atoms with van der Waals surface area (Å²) in [6, 6.07) is 4.39. The van der Waals surface area contributed by atoms with Crippen molar-refractivity contribution in [1.82, 2.24) is 0 Å². The molecule has 0 unspecified atom stereocenters. The van der Waals surface area contributed by atoms with Gasteiger partial charge < -0.3 is 9.84 Å². The second-order valence-corrected chi connectivity index (χ2v) is 4.40. The molecule has 22 heavy (non-hydrogen) atoms. The van der Waals surface area contributed by atoms with Crippen molar-refractivity contribution in [2.45, 2.75) is 6.61 Å². The highest BCUT2D eigenvalue weighted by Gasteiger charge is 2.20. The Morgan fingerprint density at radius 3 is 2.09 bits per heavy atom. The molecule has 1 N–H and O–H groups in total. The van der Waals surface area contributed by atoms with Gasteiger partial charge in [-0.1, -0.05) is 24.8 Å². The van der Waals surface area contributed by atoms with E-state index in [-0.39, 0.29) is 17.9 Å². The zero-order valence-corrected chi connectivity index (χ0v) is 11.4. The van der Waals surface area contributed by atoms with Gasteiger partial charge in [0.2, 0.25) is 5.82 Å². The third-order valence-corrected chi connectivity index (χ3v) is 3.03. The van der Waals surface area contributed by atoms with E-state index in [0.717, 1.165) is 24.3 Å². The van der Waals surface area contributed by atoms with Gasteiger partial charge in [0.1, 0.15) is 6.61 Å². The van der Waals surface area contributed by atoms with Gasteiger partial charge in [-0.25, -0.2) is 13.2 Å². The van der Waals surface area contributed by atoms with Gasteiger partial charge in [-0.3, -0.25) is 0 Å². The largest absolute Gasteiger partial charge is 0.486 e. The SMILES string of the molecule is C=CCOc1ccc(-c2ccc(CO)c(F)c2F)c(F)c1F. The third kappa shape index (κ3) is 2.82. The number of hydrogen-bond acceptors (Lipinski definition) is 2. The number of benzene rings is 2. The number of halogens is 4. The lowest BCUT2D eigenvalue weighted by atomic mass is 10.0. The van der Waals surface area contributed by atoms with Crippen LogP contribution in [0, 0.1) is 23.3 Å². The first-order valence-electron chi connectivity index (χ1n) is 6.31. The molecule has 2 nitrogen and oxygen atoms in total. The second kappa shape index (κ2) is 6.62. The van der Waals surface area contributed by atoms with Crippen molar-refractivity contribution < 1.29 is 27.4 Å². The Bertz CT molecular complexity index is 714. The van der Waals surface area contributed by atoms with Gasteiger partial charge in [0.15, 0.2) is 23.2 Å². The predicted octanol–water partition coefficient (Wildman–Crippen LogP) is 3.97. The van der Waals surface area contributed by atoms with E-state index in [1.54, 1.807) is 0 Å². The maximum Gasteiger partial charge on any atom is 0.201 e. The average molecular weight is 312 g/mol. The summed E-state index contributed by atoms with van der Waals surface area (Å²) in [4.78, 5) is 0. The first kappa shape index (κ1) is 16.0. The number of aliphatic hydroxyl groups is 1. The minimum atomic E-state index is -1.36. The lowest BCUT2D eigenvalue weighted by Gasteiger charge is -2.11. The molecule has 0 saturated heterocycles. The maximum absolute atomic E-state index is 14.0. The quantitative estimate of drug-likeness (QED) is 0.669. The zero-order valence-electron chi connectivity index (χ0n) is 11.4. The number of ether oxygens (including phenoxy) is 1. The molecule has 0 heterocycles. The van der Waals surface area contributed by atoms with Crippen LogP contribution in [0.15, 0.2) is 36.9 Å². The van der Waals surface area contributed by atoms with Gasteiger partial charge in [-0.05, 0) is 12.1 Å². The molecule has 116 valence electrons. The molecule has 0 fully saturated rings. The molecule has 0 atom stereocenters. The first-order valence-corrected chi connectivity index (χ1v) is 6.31. The van der Waals surface area contributed by atoms with Crippen LogP contribution in [0.25, 0.3) is 11.1 Å². The Morgan fingerprint density at radius 2 is 1.50 bits per heavy atom. The molecule has 2 aromatic carbocycles. The summed E-state index contributed by atoms with van der Waals surface area (Å²) < 4.78 is 60.4. The lowest BCUT2D eigenvalue weighted by molar-refractivity contribution is 0.273. The van der Waals surface area contributed by atoms with Crippen LogP contribution in [0.3, 0.4) is 0 Å². The summed E-state index contributed by atoms with van der Waals surface area (Å²) in [6.07, 6.45) is 1.36. The highest BCUT2D eigenvalue weighted by atomic mass is 19.2. The van der Waals surface area contributed by atoms with E-state index in [2.05, 4.69) is 6.58 Å². The Morgan fingerprint density at radius 1 is 0.909 bits per heavy atom. The minimum Gasteiger partial charge on any atom is -0.486 e. The van der Waals surface area contributed by atoms with Gasteiger partial charge in [0, 0.05) is 16.7 Å². The second-order valence-electron chi connectivity index (χ2n) is 4.40. The van der Waals surface area contributed by atoms with Crippen molar-refractivity contribution in [2.24, 2.45) is 0 Å². The van der Waals surface area contributed by atoms with Gasteiger partial charge in [-0.15, -0.1) is 0 Å². The van der Waals surface area contributed by atoms with E-state index in [1.807, 2.05) is 0 Å². The molecular formula is C16H12F4O2. The van der Waals surface area contributed by atoms with Crippen molar-refractivity contribution in [3.63, 3.8) is 0 Å². The summed E-state index contributed by atoms with van der Waals surface area (Å²) >= 11 is 0. The van der Waals surface area contributed by atoms with Crippen LogP contribution >= 0.6 is 0 Å². The summed E-state index contributed by atoms with van der Waals surface area (Å²) in [5, 5.41) is 8.86. The topological polar surface area (TPSA) is 29.5 Å². The summed E-state index contributed by atoms with van der Waals surface area (Å²) in [5.74, 6) is -5.66. The zero-order chi connectivity index (χ0) is 16.3. The number of aliphatic hydroxyl groups excluding tert-OH is 1. The molecule has 0 radical (unpaired) electrons. The van der Waals surface area contributed by atoms with Gasteiger partial charge in [0.05, 0.1) is 6.61 Å². The Labute approximate surface area is 124 Å². The number of rotatable bonds is 5. The van der Waals surface area contributed by atoms with Gasteiger partial charge in [-0.2, -0.15) is 4.39 Å². The molecule has 0 spiro atoms.